The predicted octanol–water partition coefficient (Wildman–Crippen LogP) is 1.44. The van der Waals surface area contributed by atoms with Gasteiger partial charge >= 0.3 is 0 Å². The average molecular weight is 437 g/mol. The highest BCUT2D eigenvalue weighted by Crippen LogP contribution is 2.21. The van der Waals surface area contributed by atoms with Gasteiger partial charge in [0.05, 0.1) is 24.3 Å². The molecule has 1 saturated heterocycles. The molecule has 0 radical (unpaired) electrons. The number of phenolic OH excluding ortho intramolecular Hbond substituents is 2. The van der Waals surface area contributed by atoms with Gasteiger partial charge in [0.15, 0.2) is 5.11 Å². The summed E-state index contributed by atoms with van der Waals surface area (Å²) in [6, 6.07) is 10.4. The zero-order valence-electron chi connectivity index (χ0n) is 15.3. The standard InChI is InChI=1S/C18H20N4O5S2/c23-15-4-1-13(17(24)11-15)12-19-21-18(28)20-14-2-5-16(6-3-14)29(25,26)22-7-9-27-10-8-22/h1-6,11-12,23-24H,7-10H2,(H2,20,21,28)/b19-12-. The van der Waals surface area contributed by atoms with E-state index in [0.717, 1.165) is 0 Å². The number of aromatic hydroxyl groups is 2. The fraction of sp³-hybridized carbons (Fsp3) is 0.222. The lowest BCUT2D eigenvalue weighted by Gasteiger charge is -2.26. The molecule has 4 N–H and O–H groups in total. The van der Waals surface area contributed by atoms with E-state index in [1.807, 2.05) is 0 Å². The minimum absolute atomic E-state index is 0.0520. The molecule has 3 rings (SSSR count). The van der Waals surface area contributed by atoms with Crippen LogP contribution in [-0.2, 0) is 14.8 Å². The van der Waals surface area contributed by atoms with E-state index in [2.05, 4.69) is 15.8 Å². The highest BCUT2D eigenvalue weighted by Gasteiger charge is 2.26. The van der Waals surface area contributed by atoms with Gasteiger partial charge in [-0.3, -0.25) is 5.43 Å². The molecule has 11 heteroatoms. The Hall–Kier alpha value is -2.73. The van der Waals surface area contributed by atoms with Crippen LogP contribution in [-0.4, -0.2) is 60.6 Å². The third kappa shape index (κ3) is 5.41. The quantitative estimate of drug-likeness (QED) is 0.315. The van der Waals surface area contributed by atoms with Gasteiger partial charge in [-0.1, -0.05) is 0 Å². The third-order valence-corrected chi connectivity index (χ3v) is 6.21. The zero-order valence-corrected chi connectivity index (χ0v) is 16.9. The van der Waals surface area contributed by atoms with Gasteiger partial charge in [-0.15, -0.1) is 0 Å². The minimum Gasteiger partial charge on any atom is -0.508 e. The van der Waals surface area contributed by atoms with Crippen molar-refractivity contribution in [2.75, 3.05) is 31.6 Å². The number of benzene rings is 2. The first-order chi connectivity index (χ1) is 13.9. The molecule has 0 aromatic heterocycles. The maximum Gasteiger partial charge on any atom is 0.243 e. The molecule has 0 saturated carbocycles. The van der Waals surface area contributed by atoms with Gasteiger partial charge in [0.2, 0.25) is 10.0 Å². The molecule has 2 aromatic rings. The van der Waals surface area contributed by atoms with Crippen molar-refractivity contribution in [3.63, 3.8) is 0 Å². The summed E-state index contributed by atoms with van der Waals surface area (Å²) in [5.74, 6) is -0.171. The summed E-state index contributed by atoms with van der Waals surface area (Å²) < 4.78 is 31.8. The van der Waals surface area contributed by atoms with Crippen LogP contribution in [0, 0.1) is 0 Å². The van der Waals surface area contributed by atoms with Gasteiger partial charge in [0.1, 0.15) is 11.5 Å². The molecule has 1 aliphatic heterocycles. The van der Waals surface area contributed by atoms with E-state index < -0.39 is 10.0 Å². The van der Waals surface area contributed by atoms with Crippen molar-refractivity contribution in [3.8, 4) is 11.5 Å². The van der Waals surface area contributed by atoms with Gasteiger partial charge in [0, 0.05) is 30.4 Å². The van der Waals surface area contributed by atoms with Crippen molar-refractivity contribution in [2.24, 2.45) is 5.10 Å². The Bertz CT molecular complexity index is 1000. The number of sulfonamides is 1. The fourth-order valence-corrected chi connectivity index (χ4v) is 4.19. The van der Waals surface area contributed by atoms with Crippen molar-refractivity contribution in [1.29, 1.82) is 0 Å². The van der Waals surface area contributed by atoms with E-state index in [1.54, 1.807) is 12.1 Å². The topological polar surface area (TPSA) is 123 Å². The van der Waals surface area contributed by atoms with E-state index in [1.165, 1.54) is 40.9 Å². The van der Waals surface area contributed by atoms with Gasteiger partial charge in [0.25, 0.3) is 0 Å². The van der Waals surface area contributed by atoms with E-state index in [9.17, 15) is 18.6 Å². The van der Waals surface area contributed by atoms with Crippen molar-refractivity contribution in [1.82, 2.24) is 9.73 Å². The average Bonchev–Trinajstić information content (AvgIpc) is 2.71. The van der Waals surface area contributed by atoms with Gasteiger partial charge in [-0.25, -0.2) is 8.42 Å². The summed E-state index contributed by atoms with van der Waals surface area (Å²) in [5.41, 5.74) is 3.58. The first-order valence-electron chi connectivity index (χ1n) is 8.66. The van der Waals surface area contributed by atoms with Crippen LogP contribution in [0.1, 0.15) is 5.56 Å². The Labute approximate surface area is 173 Å². The van der Waals surface area contributed by atoms with Crippen LogP contribution in [0.5, 0.6) is 11.5 Å². The number of hydrogen-bond donors (Lipinski definition) is 4. The number of hydrazone groups is 1. The Morgan fingerprint density at radius 1 is 1.14 bits per heavy atom. The van der Waals surface area contributed by atoms with Crippen molar-refractivity contribution in [3.05, 3.63) is 48.0 Å². The van der Waals surface area contributed by atoms with Crippen LogP contribution < -0.4 is 10.7 Å². The van der Waals surface area contributed by atoms with E-state index >= 15 is 0 Å². The number of thiocarbonyl (C=S) groups is 1. The van der Waals surface area contributed by atoms with Crippen LogP contribution in [0.25, 0.3) is 0 Å². The lowest BCUT2D eigenvalue weighted by molar-refractivity contribution is 0.0730. The number of rotatable bonds is 5. The number of morpholine rings is 1. The molecule has 1 aliphatic rings. The van der Waals surface area contributed by atoms with Gasteiger partial charge in [-0.05, 0) is 48.6 Å². The first kappa shape index (κ1) is 21.0. The Morgan fingerprint density at radius 2 is 1.83 bits per heavy atom. The molecule has 29 heavy (non-hydrogen) atoms. The monoisotopic (exact) mass is 436 g/mol. The van der Waals surface area contributed by atoms with E-state index in [-0.39, 0.29) is 21.5 Å². The highest BCUT2D eigenvalue weighted by molar-refractivity contribution is 7.89. The largest absolute Gasteiger partial charge is 0.508 e. The van der Waals surface area contributed by atoms with Crippen molar-refractivity contribution in [2.45, 2.75) is 4.90 Å². The van der Waals surface area contributed by atoms with Crippen LogP contribution in [0.2, 0.25) is 0 Å². The fourth-order valence-electron chi connectivity index (χ4n) is 2.61. The molecule has 1 heterocycles. The number of nitrogens with zero attached hydrogens (tertiary/aromatic N) is 2. The summed E-state index contributed by atoms with van der Waals surface area (Å²) in [5, 5.41) is 25.9. The molecular formula is C18H20N4O5S2. The molecule has 0 amide bonds. The lowest BCUT2D eigenvalue weighted by atomic mass is 10.2. The maximum absolute atomic E-state index is 12.6. The zero-order chi connectivity index (χ0) is 20.9. The molecule has 0 spiro atoms. The molecule has 1 fully saturated rings. The van der Waals surface area contributed by atoms with Crippen LogP contribution in [0.4, 0.5) is 5.69 Å². The van der Waals surface area contributed by atoms with Crippen LogP contribution in [0.3, 0.4) is 0 Å². The molecule has 0 atom stereocenters. The third-order valence-electron chi connectivity index (χ3n) is 4.10. The minimum atomic E-state index is -3.55. The second-order valence-corrected chi connectivity index (χ2v) is 8.45. The molecule has 0 unspecified atom stereocenters. The lowest BCUT2D eigenvalue weighted by Crippen LogP contribution is -2.40. The second-order valence-electron chi connectivity index (χ2n) is 6.11. The summed E-state index contributed by atoms with van der Waals surface area (Å²) >= 11 is 5.13. The van der Waals surface area contributed by atoms with E-state index in [0.29, 0.717) is 37.6 Å². The van der Waals surface area contributed by atoms with E-state index in [4.69, 9.17) is 17.0 Å². The van der Waals surface area contributed by atoms with Crippen molar-refractivity contribution >= 4 is 39.3 Å². The van der Waals surface area contributed by atoms with Crippen LogP contribution >= 0.6 is 12.2 Å². The Morgan fingerprint density at radius 3 is 2.48 bits per heavy atom. The number of anilines is 1. The van der Waals surface area contributed by atoms with Crippen molar-refractivity contribution < 1.29 is 23.4 Å². The SMILES string of the molecule is O=S(=O)(c1ccc(NC(=S)N/N=C\c2ccc(O)cc2O)cc1)N1CCOCC1. The molecule has 0 aliphatic carbocycles. The number of hydrogen-bond acceptors (Lipinski definition) is 7. The molecule has 154 valence electrons. The summed E-state index contributed by atoms with van der Waals surface area (Å²) in [4.78, 5) is 0.199. The summed E-state index contributed by atoms with van der Waals surface area (Å²) in [6.07, 6.45) is 1.35. The second kappa shape index (κ2) is 9.18. The molecule has 2 aromatic carbocycles. The first-order valence-corrected chi connectivity index (χ1v) is 10.5. The highest BCUT2D eigenvalue weighted by atomic mass is 32.2. The Kier molecular flexibility index (Phi) is 6.64. The van der Waals surface area contributed by atoms with Crippen LogP contribution in [0.15, 0.2) is 52.5 Å². The normalized spacial score (nSPS) is 15.3. The smallest absolute Gasteiger partial charge is 0.243 e. The molecular weight excluding hydrogens is 416 g/mol. The summed E-state index contributed by atoms with van der Waals surface area (Å²) in [6.45, 7) is 1.46. The maximum atomic E-state index is 12.6. The molecule has 0 bridgehead atoms. The Balaban J connectivity index is 1.57. The molecule has 9 nitrogen and oxygen atoms in total. The summed E-state index contributed by atoms with van der Waals surface area (Å²) in [7, 11) is -3.55. The number of ether oxygens (including phenoxy) is 1. The number of phenols is 2. The van der Waals surface area contributed by atoms with Gasteiger partial charge in [-0.2, -0.15) is 9.41 Å². The van der Waals surface area contributed by atoms with Gasteiger partial charge < -0.3 is 20.3 Å². The number of nitrogens with one attached hydrogen (secondary N) is 2. The predicted molar refractivity (Wildman–Crippen MR) is 113 cm³/mol.